The Hall–Kier alpha value is -2.34. The van der Waals surface area contributed by atoms with Crippen molar-refractivity contribution in [2.45, 2.75) is 94.5 Å². The second-order valence-electron chi connectivity index (χ2n) is 10.9. The van der Waals surface area contributed by atoms with E-state index in [-0.39, 0.29) is 11.9 Å². The molecule has 0 aliphatic heterocycles. The van der Waals surface area contributed by atoms with Gasteiger partial charge in [-0.05, 0) is 81.9 Å². The highest BCUT2D eigenvalue weighted by atomic mass is 35.5. The molecule has 7 heteroatoms. The molecular weight excluding hydrogens is 458 g/mol. The van der Waals surface area contributed by atoms with Gasteiger partial charge in [0.05, 0.1) is 11.1 Å². The second kappa shape index (κ2) is 10.3. The molecule has 0 bridgehead atoms. The summed E-state index contributed by atoms with van der Waals surface area (Å²) >= 11 is 6.11. The Bertz CT molecular complexity index is 1040. The minimum Gasteiger partial charge on any atom is -0.362 e. The molecule has 0 spiro atoms. The summed E-state index contributed by atoms with van der Waals surface area (Å²) < 4.78 is 0. The molecule has 3 aliphatic carbocycles. The highest BCUT2D eigenvalue weighted by molar-refractivity contribution is 6.30. The fourth-order valence-electron chi connectivity index (χ4n) is 6.29. The largest absolute Gasteiger partial charge is 0.362 e. The number of rotatable bonds is 6. The molecule has 1 aromatic heterocycles. The van der Waals surface area contributed by atoms with Crippen LogP contribution in [0.25, 0.3) is 0 Å². The molecule has 1 amide bonds. The number of carbonyl (C=O) groups is 1. The molecular formula is C28H38ClN5O. The molecule has 5 rings (SSSR count). The smallest absolute Gasteiger partial charge is 0.230 e. The zero-order valence-corrected chi connectivity index (χ0v) is 21.8. The summed E-state index contributed by atoms with van der Waals surface area (Å²) in [7, 11) is 4.13. The average molecular weight is 496 g/mol. The van der Waals surface area contributed by atoms with Crippen LogP contribution in [0, 0.1) is 0 Å². The number of nitrogens with one attached hydrogen (secondary N) is 2. The molecule has 2 fully saturated rings. The normalized spacial score (nSPS) is 23.4. The van der Waals surface area contributed by atoms with Crippen LogP contribution in [0.4, 0.5) is 11.8 Å². The highest BCUT2D eigenvalue weighted by Gasteiger charge is 2.43. The number of hydrogen-bond donors (Lipinski definition) is 2. The summed E-state index contributed by atoms with van der Waals surface area (Å²) in [6, 6.07) is 8.46. The molecule has 6 nitrogen and oxygen atoms in total. The topological polar surface area (TPSA) is 70.2 Å². The van der Waals surface area contributed by atoms with Crippen LogP contribution in [0.5, 0.6) is 0 Å². The number of halogens is 1. The number of aromatic nitrogens is 2. The van der Waals surface area contributed by atoms with Crippen molar-refractivity contribution in [3.05, 3.63) is 46.1 Å². The molecule has 1 heterocycles. The number of carbonyl (C=O) groups excluding carboxylic acids is 1. The number of benzene rings is 1. The fourth-order valence-corrected chi connectivity index (χ4v) is 6.42. The predicted octanol–water partition coefficient (Wildman–Crippen LogP) is 5.43. The quantitative estimate of drug-likeness (QED) is 0.559. The number of fused-ring (bicyclic) bond motifs is 1. The summed E-state index contributed by atoms with van der Waals surface area (Å²) in [5.74, 6) is 2.01. The lowest BCUT2D eigenvalue weighted by molar-refractivity contribution is -0.127. The fraction of sp³-hybridized carbons (Fsp3) is 0.607. The minimum atomic E-state index is -0.404. The molecule has 188 valence electrons. The zero-order valence-electron chi connectivity index (χ0n) is 21.1. The summed E-state index contributed by atoms with van der Waals surface area (Å²) in [4.78, 5) is 25.4. The van der Waals surface area contributed by atoms with Gasteiger partial charge in [0.1, 0.15) is 5.82 Å². The standard InChI is InChI=1S/C28H38ClN5O/c1-34(2)25-23-7-3-4-8-24(23)32-27(33-25)31-22-15-13-21(14-16-22)30-26(35)28(17-5-6-18-28)19-9-11-20(29)12-10-19/h9-12,21-22H,3-8,13-18H2,1-2H3,(H,30,35)(H,31,32,33)/t21-,22+. The maximum atomic E-state index is 13.5. The Morgan fingerprint density at radius 3 is 2.29 bits per heavy atom. The average Bonchev–Trinajstić information content (AvgIpc) is 3.36. The molecule has 2 N–H and O–H groups in total. The van der Waals surface area contributed by atoms with Gasteiger partial charge >= 0.3 is 0 Å². The minimum absolute atomic E-state index is 0.197. The third kappa shape index (κ3) is 5.13. The van der Waals surface area contributed by atoms with Crippen molar-refractivity contribution in [2.24, 2.45) is 0 Å². The van der Waals surface area contributed by atoms with Crippen LogP contribution in [0.3, 0.4) is 0 Å². The summed E-state index contributed by atoms with van der Waals surface area (Å²) in [6.07, 6.45) is 12.6. The molecule has 2 saturated carbocycles. The van der Waals surface area contributed by atoms with E-state index >= 15 is 0 Å². The maximum absolute atomic E-state index is 13.5. The van der Waals surface area contributed by atoms with Gasteiger partial charge in [0.25, 0.3) is 0 Å². The lowest BCUT2D eigenvalue weighted by Crippen LogP contribution is -2.48. The number of nitrogens with zero attached hydrogens (tertiary/aromatic N) is 3. The van der Waals surface area contributed by atoms with E-state index in [1.807, 2.05) is 24.3 Å². The SMILES string of the molecule is CN(C)c1nc(N[C@H]2CC[C@@H](NC(=O)C3(c4ccc(Cl)cc4)CCCC3)CC2)nc2c1CCCC2. The first-order valence-corrected chi connectivity index (χ1v) is 13.7. The Labute approximate surface area is 214 Å². The Balaban J connectivity index is 1.20. The summed E-state index contributed by atoms with van der Waals surface area (Å²) in [6.45, 7) is 0. The lowest BCUT2D eigenvalue weighted by atomic mass is 9.77. The van der Waals surface area contributed by atoms with E-state index in [2.05, 4.69) is 29.6 Å². The maximum Gasteiger partial charge on any atom is 0.230 e. The van der Waals surface area contributed by atoms with E-state index < -0.39 is 5.41 Å². The number of hydrogen-bond acceptors (Lipinski definition) is 5. The molecule has 35 heavy (non-hydrogen) atoms. The van der Waals surface area contributed by atoms with E-state index in [0.29, 0.717) is 11.1 Å². The summed E-state index contributed by atoms with van der Waals surface area (Å²) in [5, 5.41) is 7.76. The Morgan fingerprint density at radius 2 is 1.60 bits per heavy atom. The Kier molecular flexibility index (Phi) is 7.19. The first-order chi connectivity index (χ1) is 16.9. The number of anilines is 2. The van der Waals surface area contributed by atoms with Crippen LogP contribution in [0.15, 0.2) is 24.3 Å². The molecule has 0 saturated heterocycles. The Morgan fingerprint density at radius 1 is 0.943 bits per heavy atom. The monoisotopic (exact) mass is 495 g/mol. The van der Waals surface area contributed by atoms with Crippen molar-refractivity contribution < 1.29 is 4.79 Å². The van der Waals surface area contributed by atoms with Crippen LogP contribution in [-0.2, 0) is 23.1 Å². The molecule has 3 aliphatic rings. The van der Waals surface area contributed by atoms with Gasteiger partial charge in [0, 0.05) is 36.8 Å². The second-order valence-corrected chi connectivity index (χ2v) is 11.3. The zero-order chi connectivity index (χ0) is 24.4. The van der Waals surface area contributed by atoms with Crippen LogP contribution < -0.4 is 15.5 Å². The molecule has 0 atom stereocenters. The van der Waals surface area contributed by atoms with Crippen molar-refractivity contribution in [3.8, 4) is 0 Å². The van der Waals surface area contributed by atoms with Crippen molar-refractivity contribution in [2.75, 3.05) is 24.3 Å². The van der Waals surface area contributed by atoms with Crippen LogP contribution in [0.1, 0.15) is 81.0 Å². The molecule has 1 aromatic carbocycles. The molecule has 2 aromatic rings. The van der Waals surface area contributed by atoms with Crippen LogP contribution in [-0.4, -0.2) is 42.1 Å². The van der Waals surface area contributed by atoms with Crippen LogP contribution >= 0.6 is 11.6 Å². The van der Waals surface area contributed by atoms with E-state index in [4.69, 9.17) is 21.6 Å². The lowest BCUT2D eigenvalue weighted by Gasteiger charge is -2.34. The van der Waals surface area contributed by atoms with E-state index in [1.165, 1.54) is 24.1 Å². The van der Waals surface area contributed by atoms with Gasteiger partial charge in [-0.15, -0.1) is 0 Å². The van der Waals surface area contributed by atoms with Gasteiger partial charge in [0.2, 0.25) is 11.9 Å². The number of aryl methyl sites for hydroxylation is 1. The van der Waals surface area contributed by atoms with Crippen molar-refractivity contribution in [1.82, 2.24) is 15.3 Å². The van der Waals surface area contributed by atoms with E-state index in [1.54, 1.807) is 0 Å². The van der Waals surface area contributed by atoms with E-state index in [0.717, 1.165) is 81.5 Å². The van der Waals surface area contributed by atoms with Gasteiger partial charge < -0.3 is 15.5 Å². The first kappa shape index (κ1) is 24.4. The van der Waals surface area contributed by atoms with Gasteiger partial charge in [-0.2, -0.15) is 4.98 Å². The van der Waals surface area contributed by atoms with Crippen LogP contribution in [0.2, 0.25) is 5.02 Å². The first-order valence-electron chi connectivity index (χ1n) is 13.4. The molecule has 0 unspecified atom stereocenters. The molecule has 0 radical (unpaired) electrons. The third-order valence-corrected chi connectivity index (χ3v) is 8.52. The van der Waals surface area contributed by atoms with Crippen molar-refractivity contribution >= 4 is 29.3 Å². The van der Waals surface area contributed by atoms with Crippen molar-refractivity contribution in [3.63, 3.8) is 0 Å². The highest BCUT2D eigenvalue weighted by Crippen LogP contribution is 2.42. The predicted molar refractivity (Wildman–Crippen MR) is 142 cm³/mol. The van der Waals surface area contributed by atoms with Crippen molar-refractivity contribution in [1.29, 1.82) is 0 Å². The van der Waals surface area contributed by atoms with E-state index in [9.17, 15) is 4.79 Å². The van der Waals surface area contributed by atoms with Gasteiger partial charge in [-0.25, -0.2) is 4.98 Å². The van der Waals surface area contributed by atoms with Gasteiger partial charge in [-0.3, -0.25) is 4.79 Å². The third-order valence-electron chi connectivity index (χ3n) is 8.27. The van der Waals surface area contributed by atoms with Gasteiger partial charge in [0.15, 0.2) is 0 Å². The summed E-state index contributed by atoms with van der Waals surface area (Å²) in [5.41, 5.74) is 3.23. The number of amides is 1. The van der Waals surface area contributed by atoms with Gasteiger partial charge in [-0.1, -0.05) is 36.6 Å².